The molecule has 1 N–H and O–H groups in total. The number of rotatable bonds is 3. The molecule has 0 radical (unpaired) electrons. The van der Waals surface area contributed by atoms with Crippen molar-refractivity contribution in [3.05, 3.63) is 24.3 Å². The molecule has 21 heavy (non-hydrogen) atoms. The predicted molar refractivity (Wildman–Crippen MR) is 74.5 cm³/mol. The summed E-state index contributed by atoms with van der Waals surface area (Å²) in [5.74, 6) is -5.21. The molecule has 1 heterocycles. The van der Waals surface area contributed by atoms with E-state index in [9.17, 15) is 18.4 Å². The van der Waals surface area contributed by atoms with Gasteiger partial charge in [0.15, 0.2) is 0 Å². The van der Waals surface area contributed by atoms with Crippen molar-refractivity contribution >= 4 is 29.5 Å². The number of benzene rings is 1. The van der Waals surface area contributed by atoms with E-state index in [0.29, 0.717) is 29.5 Å². The number of carbonyl (C=O) groups excluding carboxylic acids is 2. The molecule has 2 amide bonds. The van der Waals surface area contributed by atoms with E-state index >= 15 is 0 Å². The van der Waals surface area contributed by atoms with Gasteiger partial charge in [0.25, 0.3) is 5.91 Å². The number of anilines is 1. The van der Waals surface area contributed by atoms with Gasteiger partial charge in [-0.2, -0.15) is 8.78 Å². The lowest BCUT2D eigenvalue weighted by atomic mass is 10.2. The summed E-state index contributed by atoms with van der Waals surface area (Å²) >= 11 is 0.592. The van der Waals surface area contributed by atoms with Gasteiger partial charge < -0.3 is 14.4 Å². The predicted octanol–water partition coefficient (Wildman–Crippen LogP) is 2.08. The number of piperazine rings is 1. The standard InChI is InChI=1S/C13H14F2N2O3S/c1-13(14,15)12(19)16-6-7-17(11(18)8-16)9-2-4-10(21-20)5-3-9/h2-5,20H,6-8H2,1H3. The summed E-state index contributed by atoms with van der Waals surface area (Å²) in [7, 11) is 0. The van der Waals surface area contributed by atoms with Gasteiger partial charge in [-0.05, 0) is 24.3 Å². The van der Waals surface area contributed by atoms with Gasteiger partial charge in [0.1, 0.15) is 6.54 Å². The quantitative estimate of drug-likeness (QED) is 0.868. The lowest BCUT2D eigenvalue weighted by Crippen LogP contribution is -2.55. The zero-order valence-corrected chi connectivity index (χ0v) is 12.1. The van der Waals surface area contributed by atoms with Crippen LogP contribution in [0, 0.1) is 0 Å². The van der Waals surface area contributed by atoms with Crippen LogP contribution in [0.3, 0.4) is 0 Å². The summed E-state index contributed by atoms with van der Waals surface area (Å²) in [5.41, 5.74) is 0.605. The van der Waals surface area contributed by atoms with Crippen LogP contribution in [0.15, 0.2) is 29.2 Å². The summed E-state index contributed by atoms with van der Waals surface area (Å²) in [5, 5.41) is 0. The maximum Gasteiger partial charge on any atom is 0.322 e. The molecular weight excluding hydrogens is 302 g/mol. The topological polar surface area (TPSA) is 60.9 Å². The first-order valence-corrected chi connectivity index (χ1v) is 6.99. The van der Waals surface area contributed by atoms with E-state index in [1.807, 2.05) is 0 Å². The molecule has 0 unspecified atom stereocenters. The van der Waals surface area contributed by atoms with Crippen molar-refractivity contribution in [2.24, 2.45) is 0 Å². The molecule has 114 valence electrons. The number of halogens is 2. The first-order chi connectivity index (χ1) is 9.82. The first-order valence-electron chi connectivity index (χ1n) is 6.22. The third kappa shape index (κ3) is 3.51. The zero-order chi connectivity index (χ0) is 15.6. The Morgan fingerprint density at radius 3 is 2.38 bits per heavy atom. The van der Waals surface area contributed by atoms with Crippen LogP contribution in [0.1, 0.15) is 6.92 Å². The molecule has 1 aromatic rings. The maximum atomic E-state index is 13.0. The van der Waals surface area contributed by atoms with E-state index in [-0.39, 0.29) is 19.6 Å². The number of hydrogen-bond donors (Lipinski definition) is 1. The van der Waals surface area contributed by atoms with Crippen molar-refractivity contribution in [3.8, 4) is 0 Å². The fourth-order valence-corrected chi connectivity index (χ4v) is 2.34. The zero-order valence-electron chi connectivity index (χ0n) is 11.3. The van der Waals surface area contributed by atoms with E-state index in [1.54, 1.807) is 24.3 Å². The van der Waals surface area contributed by atoms with Crippen molar-refractivity contribution in [1.29, 1.82) is 0 Å². The SMILES string of the molecule is CC(F)(F)C(=O)N1CCN(c2ccc(SO)cc2)C(=O)C1. The van der Waals surface area contributed by atoms with E-state index in [2.05, 4.69) is 0 Å². The third-order valence-electron chi connectivity index (χ3n) is 3.14. The molecule has 2 rings (SSSR count). The van der Waals surface area contributed by atoms with Crippen LogP contribution in [0.4, 0.5) is 14.5 Å². The second-order valence-electron chi connectivity index (χ2n) is 4.75. The number of amides is 2. The van der Waals surface area contributed by atoms with Crippen LogP contribution >= 0.6 is 12.0 Å². The Kier molecular flexibility index (Phi) is 4.48. The number of alkyl halides is 2. The van der Waals surface area contributed by atoms with Gasteiger partial charge in [-0.3, -0.25) is 9.59 Å². The van der Waals surface area contributed by atoms with E-state index < -0.39 is 17.7 Å². The molecule has 0 spiro atoms. The van der Waals surface area contributed by atoms with Crippen LogP contribution in [0.5, 0.6) is 0 Å². The summed E-state index contributed by atoms with van der Waals surface area (Å²) < 4.78 is 34.9. The molecule has 1 aliphatic heterocycles. The van der Waals surface area contributed by atoms with Crippen LogP contribution in [0.2, 0.25) is 0 Å². The van der Waals surface area contributed by atoms with Gasteiger partial charge in [0.05, 0.1) is 0 Å². The lowest BCUT2D eigenvalue weighted by molar-refractivity contribution is -0.157. The van der Waals surface area contributed by atoms with Gasteiger partial charge in [-0.25, -0.2) is 0 Å². The van der Waals surface area contributed by atoms with Gasteiger partial charge >= 0.3 is 5.92 Å². The van der Waals surface area contributed by atoms with E-state index in [4.69, 9.17) is 4.55 Å². The molecule has 0 aromatic heterocycles. The minimum absolute atomic E-state index is 0.0600. The molecule has 0 bridgehead atoms. The van der Waals surface area contributed by atoms with Gasteiger partial charge in [0.2, 0.25) is 5.91 Å². The number of carbonyl (C=O) groups is 2. The molecule has 0 aliphatic carbocycles. The highest BCUT2D eigenvalue weighted by molar-refractivity contribution is 7.93. The minimum atomic E-state index is -3.47. The van der Waals surface area contributed by atoms with Gasteiger partial charge in [-0.1, -0.05) is 0 Å². The van der Waals surface area contributed by atoms with Crippen molar-refractivity contribution in [2.45, 2.75) is 17.7 Å². The number of hydrogen-bond acceptors (Lipinski definition) is 4. The first kappa shape index (κ1) is 15.7. The highest BCUT2D eigenvalue weighted by Crippen LogP contribution is 2.23. The molecule has 0 saturated carbocycles. The van der Waals surface area contributed by atoms with Crippen LogP contribution in [-0.2, 0) is 9.59 Å². The fourth-order valence-electron chi connectivity index (χ4n) is 2.08. The van der Waals surface area contributed by atoms with Gasteiger partial charge in [0, 0.05) is 42.6 Å². The van der Waals surface area contributed by atoms with Gasteiger partial charge in [-0.15, -0.1) is 0 Å². The Morgan fingerprint density at radius 2 is 1.90 bits per heavy atom. The summed E-state index contributed by atoms with van der Waals surface area (Å²) in [6.07, 6.45) is 0. The lowest BCUT2D eigenvalue weighted by Gasteiger charge is -2.35. The highest BCUT2D eigenvalue weighted by atomic mass is 32.2. The average molecular weight is 316 g/mol. The fraction of sp³-hybridized carbons (Fsp3) is 0.385. The molecule has 0 atom stereocenters. The normalized spacial score (nSPS) is 16.3. The molecule has 1 aliphatic rings. The molecule has 1 saturated heterocycles. The Bertz CT molecular complexity index is 545. The minimum Gasteiger partial charge on any atom is -0.326 e. The Labute approximate surface area is 124 Å². The monoisotopic (exact) mass is 316 g/mol. The summed E-state index contributed by atoms with van der Waals surface area (Å²) in [4.78, 5) is 26.4. The smallest absolute Gasteiger partial charge is 0.322 e. The Balaban J connectivity index is 2.07. The average Bonchev–Trinajstić information content (AvgIpc) is 2.45. The Morgan fingerprint density at radius 1 is 1.29 bits per heavy atom. The largest absolute Gasteiger partial charge is 0.326 e. The van der Waals surface area contributed by atoms with Crippen molar-refractivity contribution in [3.63, 3.8) is 0 Å². The van der Waals surface area contributed by atoms with Crippen molar-refractivity contribution < 1.29 is 22.9 Å². The molecular formula is C13H14F2N2O3S. The molecule has 8 heteroatoms. The van der Waals surface area contributed by atoms with Crippen molar-refractivity contribution in [1.82, 2.24) is 4.90 Å². The van der Waals surface area contributed by atoms with Crippen molar-refractivity contribution in [2.75, 3.05) is 24.5 Å². The van der Waals surface area contributed by atoms with Crippen LogP contribution < -0.4 is 4.90 Å². The van der Waals surface area contributed by atoms with Crippen LogP contribution in [0.25, 0.3) is 0 Å². The molecule has 1 fully saturated rings. The maximum absolute atomic E-state index is 13.0. The third-order valence-corrected chi connectivity index (χ3v) is 3.62. The summed E-state index contributed by atoms with van der Waals surface area (Å²) in [6, 6.07) is 6.60. The summed E-state index contributed by atoms with van der Waals surface area (Å²) in [6.45, 7) is 0.382. The molecule has 1 aromatic carbocycles. The van der Waals surface area contributed by atoms with Crippen LogP contribution in [-0.4, -0.2) is 46.8 Å². The second-order valence-corrected chi connectivity index (χ2v) is 5.40. The molecule has 5 nitrogen and oxygen atoms in total. The Hall–Kier alpha value is -1.67. The highest BCUT2D eigenvalue weighted by Gasteiger charge is 2.39. The second kappa shape index (κ2) is 5.98. The van der Waals surface area contributed by atoms with E-state index in [1.165, 1.54) is 4.90 Å². The van der Waals surface area contributed by atoms with E-state index in [0.717, 1.165) is 4.90 Å². The number of nitrogens with zero attached hydrogens (tertiary/aromatic N) is 2.